The zero-order valence-electron chi connectivity index (χ0n) is 13.4. The van der Waals surface area contributed by atoms with Crippen LogP contribution in [0, 0.1) is 5.92 Å². The summed E-state index contributed by atoms with van der Waals surface area (Å²) < 4.78 is 0. The highest BCUT2D eigenvalue weighted by Crippen LogP contribution is 2.29. The maximum Gasteiger partial charge on any atom is 0.265 e. The van der Waals surface area contributed by atoms with Crippen molar-refractivity contribution >= 4 is 34.8 Å². The molecule has 0 aromatic carbocycles. The van der Waals surface area contributed by atoms with Gasteiger partial charge in [0.25, 0.3) is 5.91 Å². The van der Waals surface area contributed by atoms with E-state index in [0.717, 1.165) is 19.3 Å². The van der Waals surface area contributed by atoms with Gasteiger partial charge < -0.3 is 10.2 Å². The number of nitrogens with one attached hydrogen (secondary N) is 2. The molecule has 126 valence electrons. The van der Waals surface area contributed by atoms with E-state index >= 15 is 0 Å². The molecule has 7 heteroatoms. The fraction of sp³-hybridized carbons (Fsp3) is 0.625. The molecule has 0 aliphatic carbocycles. The van der Waals surface area contributed by atoms with Crippen LogP contribution in [0.5, 0.6) is 0 Å². The average Bonchev–Trinajstić information content (AvgIpc) is 3.03. The van der Waals surface area contributed by atoms with Crippen molar-refractivity contribution in [1.29, 1.82) is 0 Å². The second-order valence-corrected chi connectivity index (χ2v) is 8.11. The van der Waals surface area contributed by atoms with E-state index in [9.17, 15) is 9.59 Å². The molecule has 0 radical (unpaired) electrons. The lowest BCUT2D eigenvalue weighted by molar-refractivity contribution is -0.121. The zero-order valence-corrected chi connectivity index (χ0v) is 15.0. The minimum Gasteiger partial charge on any atom is -0.338 e. The van der Waals surface area contributed by atoms with Crippen LogP contribution in [-0.2, 0) is 4.79 Å². The van der Waals surface area contributed by atoms with E-state index in [1.807, 2.05) is 10.3 Å². The van der Waals surface area contributed by atoms with Crippen molar-refractivity contribution in [2.75, 3.05) is 13.1 Å². The number of thiophene rings is 1. The Hall–Kier alpha value is -1.11. The molecule has 1 spiro atoms. The van der Waals surface area contributed by atoms with Gasteiger partial charge in [-0.25, -0.2) is 0 Å². The number of hydrogen-bond acceptors (Lipinski definition) is 4. The van der Waals surface area contributed by atoms with E-state index in [-0.39, 0.29) is 23.5 Å². The van der Waals surface area contributed by atoms with Crippen LogP contribution >= 0.6 is 22.9 Å². The number of carbonyl (C=O) groups is 2. The number of piperidine rings is 1. The molecule has 5 nitrogen and oxygen atoms in total. The Balaban J connectivity index is 1.62. The van der Waals surface area contributed by atoms with E-state index in [1.165, 1.54) is 11.3 Å². The van der Waals surface area contributed by atoms with Crippen molar-refractivity contribution < 1.29 is 9.59 Å². The topological polar surface area (TPSA) is 61.4 Å². The summed E-state index contributed by atoms with van der Waals surface area (Å²) in [5.74, 6) is 0.540. The predicted octanol–water partition coefficient (Wildman–Crippen LogP) is 2.47. The van der Waals surface area contributed by atoms with E-state index in [4.69, 9.17) is 11.6 Å². The van der Waals surface area contributed by atoms with Gasteiger partial charge in [-0.15, -0.1) is 11.3 Å². The monoisotopic (exact) mass is 355 g/mol. The Morgan fingerprint density at radius 3 is 2.74 bits per heavy atom. The molecule has 0 bridgehead atoms. The van der Waals surface area contributed by atoms with Gasteiger partial charge in [-0.1, -0.05) is 25.4 Å². The van der Waals surface area contributed by atoms with Crippen molar-refractivity contribution in [2.45, 2.75) is 44.8 Å². The van der Waals surface area contributed by atoms with Gasteiger partial charge in [-0.3, -0.25) is 14.9 Å². The predicted molar refractivity (Wildman–Crippen MR) is 91.7 cm³/mol. The quantitative estimate of drug-likeness (QED) is 0.875. The van der Waals surface area contributed by atoms with Gasteiger partial charge in [0.15, 0.2) is 0 Å². The van der Waals surface area contributed by atoms with Crippen molar-refractivity contribution in [3.8, 4) is 0 Å². The van der Waals surface area contributed by atoms with E-state index in [2.05, 4.69) is 24.5 Å². The smallest absolute Gasteiger partial charge is 0.265 e. The van der Waals surface area contributed by atoms with Crippen LogP contribution < -0.4 is 10.6 Å². The molecule has 23 heavy (non-hydrogen) atoms. The molecule has 1 unspecified atom stereocenters. The van der Waals surface area contributed by atoms with Gasteiger partial charge in [0.05, 0.1) is 16.7 Å². The zero-order chi connectivity index (χ0) is 16.6. The lowest BCUT2D eigenvalue weighted by Crippen LogP contribution is -2.58. The highest BCUT2D eigenvalue weighted by atomic mass is 35.5. The summed E-state index contributed by atoms with van der Waals surface area (Å²) in [5, 5.41) is 8.94. The van der Waals surface area contributed by atoms with Gasteiger partial charge in [0, 0.05) is 25.9 Å². The van der Waals surface area contributed by atoms with Gasteiger partial charge in [0.1, 0.15) is 4.88 Å². The third-order valence-electron chi connectivity index (χ3n) is 4.55. The number of likely N-dealkylation sites (tertiary alicyclic amines) is 1. The lowest BCUT2D eigenvalue weighted by atomic mass is 9.97. The Kier molecular flexibility index (Phi) is 4.67. The molecule has 2 aliphatic heterocycles. The Labute approximate surface area is 145 Å². The van der Waals surface area contributed by atoms with Crippen LogP contribution in [0.4, 0.5) is 0 Å². The number of carbonyl (C=O) groups excluding carboxylic acids is 2. The maximum atomic E-state index is 12.5. The Morgan fingerprint density at radius 2 is 2.17 bits per heavy atom. The molecule has 1 aromatic rings. The normalized spacial score (nSPS) is 23.6. The SMILES string of the molecule is CC(C)CC1NC2(CCN(C(=O)c3sccc3Cl)CC2)NC1=O. The molecule has 2 N–H and O–H groups in total. The molecule has 2 saturated heterocycles. The van der Waals surface area contributed by atoms with E-state index < -0.39 is 0 Å². The van der Waals surface area contributed by atoms with E-state index in [1.54, 1.807) is 6.07 Å². The fourth-order valence-electron chi connectivity index (χ4n) is 3.35. The third kappa shape index (κ3) is 3.39. The first-order valence-electron chi connectivity index (χ1n) is 8.02. The molecular weight excluding hydrogens is 334 g/mol. The van der Waals surface area contributed by atoms with Crippen LogP contribution in [0.25, 0.3) is 0 Å². The van der Waals surface area contributed by atoms with Gasteiger partial charge >= 0.3 is 0 Å². The summed E-state index contributed by atoms with van der Waals surface area (Å²) in [6.45, 7) is 5.47. The first-order valence-corrected chi connectivity index (χ1v) is 9.28. The first-order chi connectivity index (χ1) is 10.9. The van der Waals surface area contributed by atoms with Crippen molar-refractivity contribution in [1.82, 2.24) is 15.5 Å². The number of amides is 2. The molecule has 2 amide bonds. The van der Waals surface area contributed by atoms with Gasteiger partial charge in [-0.05, 0) is 23.8 Å². The first kappa shape index (κ1) is 16.7. The summed E-state index contributed by atoms with van der Waals surface area (Å²) >= 11 is 7.43. The molecule has 2 fully saturated rings. The number of rotatable bonds is 3. The van der Waals surface area contributed by atoms with Crippen LogP contribution in [0.1, 0.15) is 42.8 Å². The molecule has 1 atom stereocenters. The van der Waals surface area contributed by atoms with Crippen molar-refractivity contribution in [3.63, 3.8) is 0 Å². The highest BCUT2D eigenvalue weighted by molar-refractivity contribution is 7.12. The minimum atomic E-state index is -0.354. The van der Waals surface area contributed by atoms with Crippen molar-refractivity contribution in [3.05, 3.63) is 21.3 Å². The summed E-state index contributed by atoms with van der Waals surface area (Å²) in [4.78, 5) is 27.1. The number of nitrogens with zero attached hydrogens (tertiary/aromatic N) is 1. The van der Waals surface area contributed by atoms with Crippen LogP contribution in [0.2, 0.25) is 5.02 Å². The van der Waals surface area contributed by atoms with Crippen LogP contribution in [0.15, 0.2) is 11.4 Å². The van der Waals surface area contributed by atoms with Gasteiger partial charge in [0.2, 0.25) is 5.91 Å². The molecular formula is C16H22ClN3O2S. The second-order valence-electron chi connectivity index (χ2n) is 6.79. The molecule has 0 saturated carbocycles. The molecule has 1 aromatic heterocycles. The fourth-order valence-corrected chi connectivity index (χ4v) is 4.45. The highest BCUT2D eigenvalue weighted by Gasteiger charge is 2.45. The Morgan fingerprint density at radius 1 is 1.48 bits per heavy atom. The molecule has 3 heterocycles. The van der Waals surface area contributed by atoms with Gasteiger partial charge in [-0.2, -0.15) is 0 Å². The number of halogens is 1. The number of hydrogen-bond donors (Lipinski definition) is 2. The van der Waals surface area contributed by atoms with Crippen LogP contribution in [0.3, 0.4) is 0 Å². The summed E-state index contributed by atoms with van der Waals surface area (Å²) in [7, 11) is 0. The Bertz CT molecular complexity index is 608. The van der Waals surface area contributed by atoms with Crippen molar-refractivity contribution in [2.24, 2.45) is 5.92 Å². The summed E-state index contributed by atoms with van der Waals surface area (Å²) in [6.07, 6.45) is 2.28. The standard InChI is InChI=1S/C16H22ClN3O2S/c1-10(2)9-12-14(21)19-16(18-12)4-6-20(7-5-16)15(22)13-11(17)3-8-23-13/h3,8,10,12,18H,4-7,9H2,1-2H3,(H,19,21). The largest absolute Gasteiger partial charge is 0.338 e. The second kappa shape index (κ2) is 6.42. The van der Waals surface area contributed by atoms with E-state index in [0.29, 0.717) is 28.9 Å². The minimum absolute atomic E-state index is 0.0112. The third-order valence-corrected chi connectivity index (χ3v) is 5.88. The average molecular weight is 356 g/mol. The molecule has 3 rings (SSSR count). The molecule has 2 aliphatic rings. The summed E-state index contributed by atoms with van der Waals surface area (Å²) in [5.41, 5.74) is -0.354. The lowest BCUT2D eigenvalue weighted by Gasteiger charge is -2.39. The maximum absolute atomic E-state index is 12.5. The summed E-state index contributed by atoms with van der Waals surface area (Å²) in [6, 6.07) is 1.63. The van der Waals surface area contributed by atoms with Crippen LogP contribution in [-0.4, -0.2) is 41.5 Å².